The summed E-state index contributed by atoms with van der Waals surface area (Å²) in [6, 6.07) is 3.26. The Morgan fingerprint density at radius 1 is 1.42 bits per heavy atom. The monoisotopic (exact) mass is 163 g/mol. The van der Waals surface area contributed by atoms with Crippen molar-refractivity contribution < 1.29 is 5.11 Å². The van der Waals surface area contributed by atoms with Crippen molar-refractivity contribution >= 4 is 11.8 Å². The van der Waals surface area contributed by atoms with Crippen LogP contribution in [0.15, 0.2) is 18.2 Å². The molecule has 1 aromatic rings. The average molecular weight is 163 g/mol. The van der Waals surface area contributed by atoms with Crippen LogP contribution in [-0.4, -0.2) is 5.11 Å². The van der Waals surface area contributed by atoms with Crippen molar-refractivity contribution in [1.29, 1.82) is 0 Å². The van der Waals surface area contributed by atoms with Crippen molar-refractivity contribution in [2.75, 3.05) is 5.73 Å². The van der Waals surface area contributed by atoms with Crippen molar-refractivity contribution in [3.8, 4) is 5.75 Å². The third-order valence-corrected chi connectivity index (χ3v) is 1.82. The van der Waals surface area contributed by atoms with Gasteiger partial charge in [-0.15, -0.1) is 0 Å². The van der Waals surface area contributed by atoms with Crippen LogP contribution in [0.3, 0.4) is 0 Å². The molecule has 12 heavy (non-hydrogen) atoms. The maximum atomic E-state index is 9.23. The third-order valence-electron chi connectivity index (χ3n) is 1.82. The molecule has 0 saturated carbocycles. The van der Waals surface area contributed by atoms with Crippen LogP contribution in [-0.2, 0) is 0 Å². The summed E-state index contributed by atoms with van der Waals surface area (Å²) in [6.45, 7) is 3.86. The number of nitrogens with two attached hydrogens (primary N) is 1. The lowest BCUT2D eigenvalue weighted by Gasteiger charge is -2.04. The van der Waals surface area contributed by atoms with Gasteiger partial charge in [0.1, 0.15) is 5.75 Å². The number of benzene rings is 1. The van der Waals surface area contributed by atoms with Gasteiger partial charge in [0.25, 0.3) is 0 Å². The van der Waals surface area contributed by atoms with Gasteiger partial charge in [-0.25, -0.2) is 0 Å². The molecule has 0 atom stereocenters. The fraction of sp³-hybridized carbons (Fsp3) is 0.200. The molecule has 2 heteroatoms. The predicted molar refractivity (Wildman–Crippen MR) is 52.0 cm³/mol. The van der Waals surface area contributed by atoms with Gasteiger partial charge >= 0.3 is 0 Å². The molecule has 0 bridgehead atoms. The number of hydrogen-bond acceptors (Lipinski definition) is 2. The van der Waals surface area contributed by atoms with Gasteiger partial charge in [0.2, 0.25) is 0 Å². The van der Waals surface area contributed by atoms with Gasteiger partial charge < -0.3 is 10.8 Å². The molecule has 0 unspecified atom stereocenters. The fourth-order valence-corrected chi connectivity index (χ4v) is 1.10. The summed E-state index contributed by atoms with van der Waals surface area (Å²) >= 11 is 0. The summed E-state index contributed by atoms with van der Waals surface area (Å²) < 4.78 is 0. The van der Waals surface area contributed by atoms with E-state index in [0.29, 0.717) is 5.69 Å². The van der Waals surface area contributed by atoms with E-state index >= 15 is 0 Å². The highest BCUT2D eigenvalue weighted by atomic mass is 16.3. The van der Waals surface area contributed by atoms with Crippen LogP contribution in [0.4, 0.5) is 5.69 Å². The van der Waals surface area contributed by atoms with Crippen LogP contribution in [0.25, 0.3) is 6.08 Å². The highest BCUT2D eigenvalue weighted by molar-refractivity contribution is 5.64. The van der Waals surface area contributed by atoms with E-state index in [1.165, 1.54) is 0 Å². The second-order valence-corrected chi connectivity index (χ2v) is 2.75. The average Bonchev–Trinajstić information content (AvgIpc) is 2.00. The Morgan fingerprint density at radius 3 is 2.67 bits per heavy atom. The van der Waals surface area contributed by atoms with Crippen molar-refractivity contribution in [2.24, 2.45) is 0 Å². The van der Waals surface area contributed by atoms with E-state index in [1.807, 2.05) is 26.0 Å². The molecule has 0 aliphatic carbocycles. The fourth-order valence-electron chi connectivity index (χ4n) is 1.10. The molecule has 0 saturated heterocycles. The summed E-state index contributed by atoms with van der Waals surface area (Å²) in [5.41, 5.74) is 8.26. The van der Waals surface area contributed by atoms with E-state index in [2.05, 4.69) is 0 Å². The standard InChI is InChI=1S/C10H13NO/c1-3-4-8-5-9(12)6-10(11)7(8)2/h3-6,12H,11H2,1-2H3/b4-3-. The molecule has 1 rings (SSSR count). The Bertz CT molecular complexity index is 316. The number of aromatic hydroxyl groups is 1. The van der Waals surface area contributed by atoms with Crippen LogP contribution in [0.2, 0.25) is 0 Å². The molecule has 0 amide bonds. The molecule has 0 aromatic heterocycles. The molecule has 64 valence electrons. The first-order valence-electron chi connectivity index (χ1n) is 3.87. The normalized spacial score (nSPS) is 10.8. The smallest absolute Gasteiger partial charge is 0.118 e. The van der Waals surface area contributed by atoms with Gasteiger partial charge in [-0.1, -0.05) is 12.2 Å². The molecule has 0 spiro atoms. The minimum atomic E-state index is 0.214. The molecule has 1 aromatic carbocycles. The van der Waals surface area contributed by atoms with Crippen molar-refractivity contribution in [3.63, 3.8) is 0 Å². The number of rotatable bonds is 1. The summed E-state index contributed by atoms with van der Waals surface area (Å²) in [4.78, 5) is 0. The largest absolute Gasteiger partial charge is 0.508 e. The summed E-state index contributed by atoms with van der Waals surface area (Å²) in [6.07, 6.45) is 3.84. The van der Waals surface area contributed by atoms with Gasteiger partial charge in [-0.3, -0.25) is 0 Å². The first kappa shape index (κ1) is 8.65. The zero-order valence-corrected chi connectivity index (χ0v) is 7.33. The Morgan fingerprint density at radius 2 is 2.08 bits per heavy atom. The van der Waals surface area contributed by atoms with E-state index in [-0.39, 0.29) is 5.75 Å². The van der Waals surface area contributed by atoms with Gasteiger partial charge in [0.15, 0.2) is 0 Å². The highest BCUT2D eigenvalue weighted by Gasteiger charge is 2.00. The van der Waals surface area contributed by atoms with Gasteiger partial charge in [0, 0.05) is 11.8 Å². The van der Waals surface area contributed by atoms with Crippen molar-refractivity contribution in [2.45, 2.75) is 13.8 Å². The molecule has 0 radical (unpaired) electrons. The highest BCUT2D eigenvalue weighted by Crippen LogP contribution is 2.23. The maximum absolute atomic E-state index is 9.23. The summed E-state index contributed by atoms with van der Waals surface area (Å²) in [5, 5.41) is 9.23. The van der Waals surface area contributed by atoms with E-state index in [0.717, 1.165) is 11.1 Å². The number of hydrogen-bond donors (Lipinski definition) is 2. The molecule has 0 fully saturated rings. The zero-order valence-electron chi connectivity index (χ0n) is 7.33. The molecule has 2 nitrogen and oxygen atoms in total. The van der Waals surface area contributed by atoms with Crippen LogP contribution in [0.5, 0.6) is 5.75 Å². The minimum absolute atomic E-state index is 0.214. The molecule has 3 N–H and O–H groups in total. The van der Waals surface area contributed by atoms with Gasteiger partial charge in [-0.05, 0) is 31.0 Å². The Hall–Kier alpha value is -1.44. The topological polar surface area (TPSA) is 46.2 Å². The Balaban J connectivity index is 3.27. The number of phenols is 1. The first-order chi connectivity index (χ1) is 5.65. The van der Waals surface area contributed by atoms with Crippen LogP contribution in [0, 0.1) is 6.92 Å². The quantitative estimate of drug-likeness (QED) is 0.624. The molecule has 0 aliphatic heterocycles. The second-order valence-electron chi connectivity index (χ2n) is 2.75. The third kappa shape index (κ3) is 1.59. The second kappa shape index (κ2) is 3.30. The van der Waals surface area contributed by atoms with E-state index in [4.69, 9.17) is 5.73 Å². The molecular formula is C10H13NO. The van der Waals surface area contributed by atoms with Crippen LogP contribution >= 0.6 is 0 Å². The van der Waals surface area contributed by atoms with E-state index in [1.54, 1.807) is 12.1 Å². The lowest BCUT2D eigenvalue weighted by atomic mass is 10.1. The first-order valence-corrected chi connectivity index (χ1v) is 3.87. The molecule has 0 heterocycles. The molecule has 0 aliphatic rings. The molecular weight excluding hydrogens is 150 g/mol. The SMILES string of the molecule is C/C=C\c1cc(O)cc(N)c1C. The number of phenolic OH excluding ortho intramolecular Hbond substituents is 1. The van der Waals surface area contributed by atoms with Crippen LogP contribution < -0.4 is 5.73 Å². The zero-order chi connectivity index (χ0) is 9.14. The number of anilines is 1. The summed E-state index contributed by atoms with van der Waals surface area (Å²) in [7, 11) is 0. The van der Waals surface area contributed by atoms with Crippen LogP contribution in [0.1, 0.15) is 18.1 Å². The minimum Gasteiger partial charge on any atom is -0.508 e. The Labute approximate surface area is 72.3 Å². The summed E-state index contributed by atoms with van der Waals surface area (Å²) in [5.74, 6) is 0.214. The maximum Gasteiger partial charge on any atom is 0.118 e. The Kier molecular flexibility index (Phi) is 2.38. The van der Waals surface area contributed by atoms with E-state index < -0.39 is 0 Å². The van der Waals surface area contributed by atoms with Gasteiger partial charge in [-0.2, -0.15) is 0 Å². The predicted octanol–water partition coefficient (Wildman–Crippen LogP) is 2.32. The van der Waals surface area contributed by atoms with Gasteiger partial charge in [0.05, 0.1) is 0 Å². The van der Waals surface area contributed by atoms with Crippen molar-refractivity contribution in [3.05, 3.63) is 29.3 Å². The lowest BCUT2D eigenvalue weighted by molar-refractivity contribution is 0.475. The lowest BCUT2D eigenvalue weighted by Crippen LogP contribution is -1.91. The number of allylic oxidation sites excluding steroid dienone is 1. The van der Waals surface area contributed by atoms with E-state index in [9.17, 15) is 5.11 Å². The number of nitrogen functional groups attached to an aromatic ring is 1. The van der Waals surface area contributed by atoms with Crippen molar-refractivity contribution in [1.82, 2.24) is 0 Å².